The van der Waals surface area contributed by atoms with Crippen LogP contribution in [0, 0.1) is 13.8 Å². The molecule has 0 atom stereocenters. The normalized spacial score (nSPS) is 12.2. The number of aryl methyl sites for hydroxylation is 2. The van der Waals surface area contributed by atoms with E-state index in [0.29, 0.717) is 11.5 Å². The summed E-state index contributed by atoms with van der Waals surface area (Å²) in [5.41, 5.74) is 1.16. The van der Waals surface area contributed by atoms with Crippen molar-refractivity contribution in [2.24, 2.45) is 0 Å². The number of hydrogen-bond donors (Lipinski definition) is 0. The molecule has 0 bridgehead atoms. The zero-order valence-corrected chi connectivity index (χ0v) is 9.54. The fourth-order valence-electron chi connectivity index (χ4n) is 1.26. The Labute approximate surface area is 90.3 Å². The molecular weight excluding hydrogens is 240 g/mol. The van der Waals surface area contributed by atoms with Crippen LogP contribution in [0.3, 0.4) is 0 Å². The largest absolute Gasteiger partial charge is 0.298 e. The zero-order chi connectivity index (χ0) is 11.2. The van der Waals surface area contributed by atoms with Gasteiger partial charge in [0.2, 0.25) is 0 Å². The molecule has 2 rings (SSSR count). The first-order chi connectivity index (χ1) is 6.88. The summed E-state index contributed by atoms with van der Waals surface area (Å²) in [6.07, 6.45) is 0. The Morgan fingerprint density at radius 3 is 2.60 bits per heavy atom. The lowest BCUT2D eigenvalue weighted by Gasteiger charge is -1.97. The van der Waals surface area contributed by atoms with Gasteiger partial charge in [0, 0.05) is 22.4 Å². The topological polar surface area (TPSA) is 77.2 Å². The molecule has 0 saturated heterocycles. The summed E-state index contributed by atoms with van der Waals surface area (Å²) < 4.78 is 23.3. The summed E-state index contributed by atoms with van der Waals surface area (Å²) >= 11 is 0. The number of hydrogen-bond acceptors (Lipinski definition) is 5. The van der Waals surface area contributed by atoms with E-state index in [0.717, 1.165) is 5.69 Å². The highest BCUT2D eigenvalue weighted by atomic mass is 35.7. The van der Waals surface area contributed by atoms with Crippen LogP contribution in [-0.4, -0.2) is 28.0 Å². The molecule has 2 heterocycles. The maximum atomic E-state index is 11.0. The second-order valence-electron chi connectivity index (χ2n) is 3.05. The van der Waals surface area contributed by atoms with Gasteiger partial charge in [-0.2, -0.15) is 9.50 Å². The van der Waals surface area contributed by atoms with Crippen LogP contribution in [0.5, 0.6) is 0 Å². The van der Waals surface area contributed by atoms with Gasteiger partial charge in [-0.05, 0) is 13.8 Å². The summed E-state index contributed by atoms with van der Waals surface area (Å²) in [5, 5.41) is 3.34. The van der Waals surface area contributed by atoms with Crippen molar-refractivity contribution in [2.75, 3.05) is 0 Å². The monoisotopic (exact) mass is 246 g/mol. The Morgan fingerprint density at radius 1 is 1.33 bits per heavy atom. The van der Waals surface area contributed by atoms with Crippen molar-refractivity contribution in [2.45, 2.75) is 19.0 Å². The van der Waals surface area contributed by atoms with Gasteiger partial charge in [-0.3, -0.25) is 0 Å². The third-order valence-electron chi connectivity index (χ3n) is 1.81. The van der Waals surface area contributed by atoms with Gasteiger partial charge in [-0.25, -0.2) is 13.4 Å². The number of fused-ring (bicyclic) bond motifs is 1. The van der Waals surface area contributed by atoms with Gasteiger partial charge in [-0.1, -0.05) is 0 Å². The molecule has 80 valence electrons. The third kappa shape index (κ3) is 1.80. The Kier molecular flexibility index (Phi) is 2.16. The second-order valence-corrected chi connectivity index (χ2v) is 5.51. The standard InChI is InChI=1S/C7H7ClN4O2S/c1-4-3-6-10-7(15(8,13)14)11-12(6)5(2)9-4/h3H,1-2H3. The van der Waals surface area contributed by atoms with Crippen molar-refractivity contribution in [3.63, 3.8) is 0 Å². The van der Waals surface area contributed by atoms with Gasteiger partial charge in [0.05, 0.1) is 0 Å². The van der Waals surface area contributed by atoms with E-state index in [1.807, 2.05) is 0 Å². The number of halogens is 1. The predicted octanol–water partition coefficient (Wildman–Crippen LogP) is 0.669. The zero-order valence-electron chi connectivity index (χ0n) is 7.97. The molecule has 0 aliphatic carbocycles. The first-order valence-corrected chi connectivity index (χ1v) is 6.34. The van der Waals surface area contributed by atoms with Crippen molar-refractivity contribution in [3.05, 3.63) is 17.6 Å². The molecule has 0 N–H and O–H groups in total. The summed E-state index contributed by atoms with van der Waals surface area (Å²) in [6, 6.07) is 1.63. The molecular formula is C7H7ClN4O2S. The average Bonchev–Trinajstić information content (AvgIpc) is 2.46. The van der Waals surface area contributed by atoms with Gasteiger partial charge in [0.15, 0.2) is 5.65 Å². The fourth-order valence-corrected chi connectivity index (χ4v) is 1.84. The fraction of sp³-hybridized carbons (Fsp3) is 0.286. The van der Waals surface area contributed by atoms with Crippen LogP contribution in [0.25, 0.3) is 5.65 Å². The molecule has 0 radical (unpaired) electrons. The van der Waals surface area contributed by atoms with Crippen molar-refractivity contribution < 1.29 is 8.42 Å². The molecule has 0 amide bonds. The van der Waals surface area contributed by atoms with Crippen LogP contribution in [0.15, 0.2) is 11.2 Å². The van der Waals surface area contributed by atoms with Crippen LogP contribution in [-0.2, 0) is 9.05 Å². The van der Waals surface area contributed by atoms with E-state index in [1.165, 1.54) is 4.52 Å². The molecule has 15 heavy (non-hydrogen) atoms. The van der Waals surface area contributed by atoms with Gasteiger partial charge < -0.3 is 0 Å². The van der Waals surface area contributed by atoms with Gasteiger partial charge >= 0.3 is 0 Å². The molecule has 2 aromatic heterocycles. The molecule has 0 aliphatic rings. The van der Waals surface area contributed by atoms with E-state index in [1.54, 1.807) is 19.9 Å². The molecule has 0 aromatic carbocycles. The lowest BCUT2D eigenvalue weighted by atomic mass is 10.4. The van der Waals surface area contributed by atoms with Crippen LogP contribution in [0.4, 0.5) is 0 Å². The quantitative estimate of drug-likeness (QED) is 0.691. The molecule has 6 nitrogen and oxygen atoms in total. The Morgan fingerprint density at radius 2 is 2.00 bits per heavy atom. The van der Waals surface area contributed by atoms with Crippen LogP contribution >= 0.6 is 10.7 Å². The molecule has 0 spiro atoms. The highest BCUT2D eigenvalue weighted by molar-refractivity contribution is 8.13. The van der Waals surface area contributed by atoms with Crippen LogP contribution in [0.2, 0.25) is 0 Å². The summed E-state index contributed by atoms with van der Waals surface area (Å²) in [6.45, 7) is 3.50. The highest BCUT2D eigenvalue weighted by Gasteiger charge is 2.18. The third-order valence-corrected chi connectivity index (χ3v) is 2.84. The first-order valence-electron chi connectivity index (χ1n) is 4.03. The molecule has 2 aromatic rings. The van der Waals surface area contributed by atoms with E-state index in [9.17, 15) is 8.42 Å². The van der Waals surface area contributed by atoms with E-state index in [2.05, 4.69) is 15.1 Å². The summed E-state index contributed by atoms with van der Waals surface area (Å²) in [5.74, 6) is 0.559. The van der Waals surface area contributed by atoms with Crippen molar-refractivity contribution in [3.8, 4) is 0 Å². The minimum absolute atomic E-state index is 0.403. The van der Waals surface area contributed by atoms with Crippen molar-refractivity contribution >= 4 is 25.4 Å². The summed E-state index contributed by atoms with van der Waals surface area (Å²) in [7, 11) is 1.24. The predicted molar refractivity (Wildman–Crippen MR) is 53.3 cm³/mol. The van der Waals surface area contributed by atoms with Crippen LogP contribution < -0.4 is 0 Å². The number of aromatic nitrogens is 4. The number of rotatable bonds is 1. The lowest BCUT2D eigenvalue weighted by Crippen LogP contribution is -1.99. The first kappa shape index (κ1) is 10.3. The number of nitrogens with zero attached hydrogens (tertiary/aromatic N) is 4. The van der Waals surface area contributed by atoms with E-state index >= 15 is 0 Å². The molecule has 0 saturated carbocycles. The van der Waals surface area contributed by atoms with E-state index < -0.39 is 14.2 Å². The average molecular weight is 247 g/mol. The Bertz CT molecular complexity index is 634. The minimum Gasteiger partial charge on any atom is -0.238 e. The highest BCUT2D eigenvalue weighted by Crippen LogP contribution is 2.12. The SMILES string of the molecule is Cc1cc2nc(S(=O)(=O)Cl)nn2c(C)n1. The molecule has 8 heteroatoms. The van der Waals surface area contributed by atoms with E-state index in [-0.39, 0.29) is 0 Å². The maximum absolute atomic E-state index is 11.0. The lowest BCUT2D eigenvalue weighted by molar-refractivity contribution is 0.600. The summed E-state index contributed by atoms with van der Waals surface area (Å²) in [4.78, 5) is 7.92. The molecule has 0 aliphatic heterocycles. The smallest absolute Gasteiger partial charge is 0.238 e. The van der Waals surface area contributed by atoms with Gasteiger partial charge in [0.1, 0.15) is 5.82 Å². The van der Waals surface area contributed by atoms with Gasteiger partial charge in [0.25, 0.3) is 14.2 Å². The Hall–Kier alpha value is -1.21. The molecule has 0 fully saturated rings. The Balaban J connectivity index is 2.82. The van der Waals surface area contributed by atoms with Crippen molar-refractivity contribution in [1.29, 1.82) is 0 Å². The second kappa shape index (κ2) is 3.14. The van der Waals surface area contributed by atoms with Crippen LogP contribution in [0.1, 0.15) is 11.5 Å². The molecule has 0 unspecified atom stereocenters. The van der Waals surface area contributed by atoms with Gasteiger partial charge in [-0.15, -0.1) is 5.10 Å². The maximum Gasteiger partial charge on any atom is 0.298 e. The van der Waals surface area contributed by atoms with E-state index in [4.69, 9.17) is 10.7 Å². The minimum atomic E-state index is -3.89. The van der Waals surface area contributed by atoms with Crippen molar-refractivity contribution in [1.82, 2.24) is 19.6 Å².